The Kier molecular flexibility index (Phi) is 4.47. The summed E-state index contributed by atoms with van der Waals surface area (Å²) in [5, 5.41) is 10.3. The fraction of sp³-hybridized carbons (Fsp3) is 0.286. The fourth-order valence-electron chi connectivity index (χ4n) is 3.79. The lowest BCUT2D eigenvalue weighted by Crippen LogP contribution is -2.36. The standard InChI is InChI=1S/C21H21FN2O2/c22-17-5-7-18(8-6-17)24-19(13-16-3-1-2-4-20(16)24)14-23-11-9-15(10-12-23)21(25)26/h1-8,13,15H,9-12,14H2,(H,25,26). The lowest BCUT2D eigenvalue weighted by atomic mass is 9.97. The molecule has 4 nitrogen and oxygen atoms in total. The number of hydrogen-bond donors (Lipinski definition) is 1. The van der Waals surface area contributed by atoms with E-state index in [-0.39, 0.29) is 11.7 Å². The molecule has 1 saturated heterocycles. The molecule has 1 fully saturated rings. The molecule has 0 bridgehead atoms. The minimum absolute atomic E-state index is 0.228. The topological polar surface area (TPSA) is 45.5 Å². The Hall–Kier alpha value is -2.66. The number of halogens is 1. The minimum Gasteiger partial charge on any atom is -0.481 e. The van der Waals surface area contributed by atoms with Crippen molar-refractivity contribution in [1.29, 1.82) is 0 Å². The van der Waals surface area contributed by atoms with Crippen LogP contribution in [0.5, 0.6) is 0 Å². The van der Waals surface area contributed by atoms with Gasteiger partial charge in [-0.1, -0.05) is 18.2 Å². The van der Waals surface area contributed by atoms with Gasteiger partial charge in [-0.2, -0.15) is 0 Å². The van der Waals surface area contributed by atoms with Gasteiger partial charge in [0.05, 0.1) is 11.4 Å². The van der Waals surface area contributed by atoms with Crippen molar-refractivity contribution in [3.8, 4) is 5.69 Å². The highest BCUT2D eigenvalue weighted by molar-refractivity contribution is 5.83. The zero-order valence-corrected chi connectivity index (χ0v) is 14.4. The first kappa shape index (κ1) is 16.8. The molecular formula is C21H21FN2O2. The smallest absolute Gasteiger partial charge is 0.306 e. The molecule has 1 aliphatic rings. The maximum Gasteiger partial charge on any atom is 0.306 e. The third-order valence-electron chi connectivity index (χ3n) is 5.19. The van der Waals surface area contributed by atoms with E-state index in [2.05, 4.69) is 27.7 Å². The first-order chi connectivity index (χ1) is 12.6. The number of hydrogen-bond acceptors (Lipinski definition) is 2. The molecular weight excluding hydrogens is 331 g/mol. The monoisotopic (exact) mass is 352 g/mol. The summed E-state index contributed by atoms with van der Waals surface area (Å²) in [6.07, 6.45) is 1.37. The Morgan fingerprint density at radius 3 is 2.46 bits per heavy atom. The zero-order valence-electron chi connectivity index (χ0n) is 14.4. The van der Waals surface area contributed by atoms with Gasteiger partial charge in [0.15, 0.2) is 0 Å². The SMILES string of the molecule is O=C(O)C1CCN(Cc2cc3ccccc3n2-c2ccc(F)cc2)CC1. The van der Waals surface area contributed by atoms with E-state index in [4.69, 9.17) is 0 Å². The molecule has 0 radical (unpaired) electrons. The van der Waals surface area contributed by atoms with E-state index in [1.807, 2.05) is 12.1 Å². The van der Waals surface area contributed by atoms with Gasteiger partial charge in [-0.3, -0.25) is 9.69 Å². The highest BCUT2D eigenvalue weighted by atomic mass is 19.1. The number of piperidine rings is 1. The van der Waals surface area contributed by atoms with Crippen LogP contribution in [0.4, 0.5) is 4.39 Å². The van der Waals surface area contributed by atoms with Crippen molar-refractivity contribution >= 4 is 16.9 Å². The Labute approximate surface area is 151 Å². The van der Waals surface area contributed by atoms with Gasteiger partial charge in [-0.25, -0.2) is 4.39 Å². The van der Waals surface area contributed by atoms with E-state index in [1.54, 1.807) is 12.1 Å². The first-order valence-corrected chi connectivity index (χ1v) is 8.92. The molecule has 0 saturated carbocycles. The van der Waals surface area contributed by atoms with Crippen molar-refractivity contribution in [3.05, 3.63) is 66.1 Å². The quantitative estimate of drug-likeness (QED) is 0.770. The molecule has 0 amide bonds. The number of aromatic nitrogens is 1. The Morgan fingerprint density at radius 2 is 1.77 bits per heavy atom. The van der Waals surface area contributed by atoms with Crippen LogP contribution >= 0.6 is 0 Å². The number of likely N-dealkylation sites (tertiary alicyclic amines) is 1. The van der Waals surface area contributed by atoms with Crippen LogP contribution < -0.4 is 0 Å². The summed E-state index contributed by atoms with van der Waals surface area (Å²) in [5.41, 5.74) is 3.16. The molecule has 134 valence electrons. The highest BCUT2D eigenvalue weighted by Gasteiger charge is 2.25. The maximum absolute atomic E-state index is 13.4. The minimum atomic E-state index is -0.690. The molecule has 26 heavy (non-hydrogen) atoms. The summed E-state index contributed by atoms with van der Waals surface area (Å²) in [6, 6.07) is 16.9. The zero-order chi connectivity index (χ0) is 18.1. The van der Waals surface area contributed by atoms with E-state index in [1.165, 1.54) is 12.1 Å². The number of aliphatic carboxylic acids is 1. The van der Waals surface area contributed by atoms with E-state index in [0.29, 0.717) is 12.8 Å². The molecule has 2 aromatic carbocycles. The van der Waals surface area contributed by atoms with E-state index < -0.39 is 5.97 Å². The van der Waals surface area contributed by atoms with Crippen LogP contribution in [0.2, 0.25) is 0 Å². The number of carbonyl (C=O) groups is 1. The predicted octanol–water partition coefficient (Wildman–Crippen LogP) is 4.07. The lowest BCUT2D eigenvalue weighted by molar-refractivity contribution is -0.143. The molecule has 0 atom stereocenters. The summed E-state index contributed by atoms with van der Waals surface area (Å²) in [5.74, 6) is -1.17. The van der Waals surface area contributed by atoms with Crippen LogP contribution in [0.1, 0.15) is 18.5 Å². The maximum atomic E-state index is 13.4. The Bertz CT molecular complexity index is 925. The second-order valence-electron chi connectivity index (χ2n) is 6.89. The number of rotatable bonds is 4. The molecule has 1 N–H and O–H groups in total. The molecule has 0 aliphatic carbocycles. The highest BCUT2D eigenvalue weighted by Crippen LogP contribution is 2.27. The Balaban J connectivity index is 1.66. The van der Waals surface area contributed by atoms with Gasteiger partial charge in [0.25, 0.3) is 0 Å². The van der Waals surface area contributed by atoms with Crippen molar-refractivity contribution in [2.24, 2.45) is 5.92 Å². The molecule has 1 aromatic heterocycles. The normalized spacial score (nSPS) is 16.2. The summed E-state index contributed by atoms with van der Waals surface area (Å²) >= 11 is 0. The van der Waals surface area contributed by atoms with Gasteiger partial charge < -0.3 is 9.67 Å². The number of para-hydroxylation sites is 1. The van der Waals surface area contributed by atoms with Crippen molar-refractivity contribution in [1.82, 2.24) is 9.47 Å². The molecule has 0 unspecified atom stereocenters. The van der Waals surface area contributed by atoms with Gasteiger partial charge in [0.2, 0.25) is 0 Å². The number of carboxylic acid groups (broad SMARTS) is 1. The average molecular weight is 352 g/mol. The second kappa shape index (κ2) is 6.92. The van der Waals surface area contributed by atoms with Crippen LogP contribution in [0.25, 0.3) is 16.6 Å². The number of fused-ring (bicyclic) bond motifs is 1. The Morgan fingerprint density at radius 1 is 1.08 bits per heavy atom. The van der Waals surface area contributed by atoms with Crippen LogP contribution in [0.3, 0.4) is 0 Å². The van der Waals surface area contributed by atoms with E-state index in [9.17, 15) is 14.3 Å². The second-order valence-corrected chi connectivity index (χ2v) is 6.89. The lowest BCUT2D eigenvalue weighted by Gasteiger charge is -2.30. The van der Waals surface area contributed by atoms with Crippen LogP contribution in [0, 0.1) is 11.7 Å². The predicted molar refractivity (Wildman–Crippen MR) is 98.9 cm³/mol. The molecule has 0 spiro atoms. The summed E-state index contributed by atoms with van der Waals surface area (Å²) in [6.45, 7) is 2.31. The number of benzene rings is 2. The molecule has 5 heteroatoms. The largest absolute Gasteiger partial charge is 0.481 e. The molecule has 1 aliphatic heterocycles. The first-order valence-electron chi connectivity index (χ1n) is 8.92. The number of nitrogens with zero attached hydrogens (tertiary/aromatic N) is 2. The number of carboxylic acids is 1. The molecule has 2 heterocycles. The summed E-state index contributed by atoms with van der Waals surface area (Å²) in [7, 11) is 0. The summed E-state index contributed by atoms with van der Waals surface area (Å²) < 4.78 is 15.5. The van der Waals surface area contributed by atoms with Gasteiger partial charge in [-0.05, 0) is 62.3 Å². The van der Waals surface area contributed by atoms with E-state index in [0.717, 1.165) is 41.9 Å². The van der Waals surface area contributed by atoms with Crippen molar-refractivity contribution in [2.45, 2.75) is 19.4 Å². The van der Waals surface area contributed by atoms with Gasteiger partial charge in [0.1, 0.15) is 5.82 Å². The van der Waals surface area contributed by atoms with E-state index >= 15 is 0 Å². The van der Waals surface area contributed by atoms with Crippen LogP contribution in [0.15, 0.2) is 54.6 Å². The van der Waals surface area contributed by atoms with Gasteiger partial charge in [-0.15, -0.1) is 0 Å². The van der Waals surface area contributed by atoms with Crippen LogP contribution in [-0.4, -0.2) is 33.6 Å². The van der Waals surface area contributed by atoms with Crippen LogP contribution in [-0.2, 0) is 11.3 Å². The molecule has 3 aromatic rings. The average Bonchev–Trinajstić information content (AvgIpc) is 3.01. The van der Waals surface area contributed by atoms with Gasteiger partial charge in [0, 0.05) is 23.3 Å². The van der Waals surface area contributed by atoms with Crippen molar-refractivity contribution in [3.63, 3.8) is 0 Å². The van der Waals surface area contributed by atoms with Crippen molar-refractivity contribution in [2.75, 3.05) is 13.1 Å². The molecule has 4 rings (SSSR count). The fourth-order valence-corrected chi connectivity index (χ4v) is 3.79. The third-order valence-corrected chi connectivity index (χ3v) is 5.19. The third kappa shape index (κ3) is 3.22. The van der Waals surface area contributed by atoms with Crippen molar-refractivity contribution < 1.29 is 14.3 Å². The van der Waals surface area contributed by atoms with Gasteiger partial charge >= 0.3 is 5.97 Å². The summed E-state index contributed by atoms with van der Waals surface area (Å²) in [4.78, 5) is 13.4.